The topological polar surface area (TPSA) is 43.8 Å². The van der Waals surface area contributed by atoms with E-state index in [1.807, 2.05) is 16.9 Å². The molecular formula is C14H17BrFN3. The second kappa shape index (κ2) is 5.84. The molecule has 0 spiro atoms. The monoisotopic (exact) mass is 325 g/mol. The molecule has 0 radical (unpaired) electrons. The van der Waals surface area contributed by atoms with Gasteiger partial charge in [0.05, 0.1) is 5.69 Å². The summed E-state index contributed by atoms with van der Waals surface area (Å²) in [5, 5.41) is 4.45. The summed E-state index contributed by atoms with van der Waals surface area (Å²) < 4.78 is 16.0. The predicted molar refractivity (Wildman–Crippen MR) is 77.3 cm³/mol. The van der Waals surface area contributed by atoms with E-state index >= 15 is 0 Å². The van der Waals surface area contributed by atoms with Gasteiger partial charge in [-0.2, -0.15) is 5.10 Å². The second-order valence-corrected chi connectivity index (χ2v) is 5.71. The largest absolute Gasteiger partial charge is 0.324 e. The van der Waals surface area contributed by atoms with Crippen LogP contribution in [0.2, 0.25) is 0 Å². The molecule has 0 bridgehead atoms. The Balaban J connectivity index is 2.15. The Bertz CT molecular complexity index is 566. The Morgan fingerprint density at radius 2 is 2.11 bits per heavy atom. The molecule has 1 aromatic carbocycles. The van der Waals surface area contributed by atoms with Crippen LogP contribution in [-0.2, 0) is 6.42 Å². The van der Waals surface area contributed by atoms with Gasteiger partial charge in [-0.1, -0.05) is 15.9 Å². The van der Waals surface area contributed by atoms with Crippen molar-refractivity contribution >= 4 is 15.9 Å². The smallest absolute Gasteiger partial charge is 0.123 e. The SMILES string of the molecule is CC(C)n1ccc(CC(N)c2cc(F)ccc2Br)n1. The van der Waals surface area contributed by atoms with Crippen molar-refractivity contribution in [2.45, 2.75) is 32.4 Å². The van der Waals surface area contributed by atoms with Crippen molar-refractivity contribution in [3.63, 3.8) is 0 Å². The van der Waals surface area contributed by atoms with Crippen LogP contribution in [0.25, 0.3) is 0 Å². The first kappa shape index (κ1) is 14.2. The molecule has 2 N–H and O–H groups in total. The van der Waals surface area contributed by atoms with Crippen LogP contribution in [0.1, 0.15) is 37.2 Å². The van der Waals surface area contributed by atoms with Crippen molar-refractivity contribution in [3.05, 3.63) is 52.0 Å². The second-order valence-electron chi connectivity index (χ2n) is 4.86. The highest BCUT2D eigenvalue weighted by Gasteiger charge is 2.13. The van der Waals surface area contributed by atoms with E-state index in [-0.39, 0.29) is 11.9 Å². The highest BCUT2D eigenvalue weighted by atomic mass is 79.9. The molecule has 0 aliphatic heterocycles. The fourth-order valence-electron chi connectivity index (χ4n) is 1.91. The standard InChI is InChI=1S/C14H17BrFN3/c1-9(2)19-6-5-11(18-19)8-14(17)12-7-10(16)3-4-13(12)15/h3-7,9,14H,8,17H2,1-2H3. The first-order chi connectivity index (χ1) is 8.97. The van der Waals surface area contributed by atoms with Crippen LogP contribution in [0.4, 0.5) is 4.39 Å². The van der Waals surface area contributed by atoms with Crippen molar-refractivity contribution in [3.8, 4) is 0 Å². The van der Waals surface area contributed by atoms with Crippen molar-refractivity contribution in [2.75, 3.05) is 0 Å². The quantitative estimate of drug-likeness (QED) is 0.933. The third-order valence-electron chi connectivity index (χ3n) is 2.98. The molecule has 19 heavy (non-hydrogen) atoms. The lowest BCUT2D eigenvalue weighted by Gasteiger charge is -2.13. The Hall–Kier alpha value is -1.20. The van der Waals surface area contributed by atoms with Gasteiger partial charge in [0.15, 0.2) is 0 Å². The molecule has 2 rings (SSSR count). The normalized spacial score (nSPS) is 12.9. The van der Waals surface area contributed by atoms with E-state index in [4.69, 9.17) is 5.73 Å². The fourth-order valence-corrected chi connectivity index (χ4v) is 2.45. The van der Waals surface area contributed by atoms with E-state index in [9.17, 15) is 4.39 Å². The molecule has 1 unspecified atom stereocenters. The Morgan fingerprint density at radius 1 is 1.37 bits per heavy atom. The minimum Gasteiger partial charge on any atom is -0.324 e. The summed E-state index contributed by atoms with van der Waals surface area (Å²) in [5.74, 6) is -0.277. The fraction of sp³-hybridized carbons (Fsp3) is 0.357. The molecule has 0 fully saturated rings. The highest BCUT2D eigenvalue weighted by molar-refractivity contribution is 9.10. The first-order valence-electron chi connectivity index (χ1n) is 6.22. The number of aromatic nitrogens is 2. The average molecular weight is 326 g/mol. The molecule has 1 heterocycles. The van der Waals surface area contributed by atoms with Gasteiger partial charge in [0.1, 0.15) is 5.82 Å². The van der Waals surface area contributed by atoms with Crippen LogP contribution in [0, 0.1) is 5.82 Å². The third-order valence-corrected chi connectivity index (χ3v) is 3.70. The molecule has 3 nitrogen and oxygen atoms in total. The van der Waals surface area contributed by atoms with E-state index in [1.54, 1.807) is 6.07 Å². The van der Waals surface area contributed by atoms with Gasteiger partial charge in [-0.25, -0.2) is 4.39 Å². The van der Waals surface area contributed by atoms with Gasteiger partial charge in [-0.05, 0) is 43.7 Å². The third kappa shape index (κ3) is 3.42. The van der Waals surface area contributed by atoms with E-state index in [0.717, 1.165) is 15.7 Å². The summed E-state index contributed by atoms with van der Waals surface area (Å²) in [6, 6.07) is 6.55. The molecule has 0 aliphatic carbocycles. The number of rotatable bonds is 4. The molecular weight excluding hydrogens is 309 g/mol. The summed E-state index contributed by atoms with van der Waals surface area (Å²) in [6.07, 6.45) is 2.52. The van der Waals surface area contributed by atoms with Crippen LogP contribution in [0.5, 0.6) is 0 Å². The zero-order chi connectivity index (χ0) is 14.0. The van der Waals surface area contributed by atoms with Crippen LogP contribution < -0.4 is 5.73 Å². The maximum absolute atomic E-state index is 13.3. The van der Waals surface area contributed by atoms with Gasteiger partial charge >= 0.3 is 0 Å². The molecule has 1 atom stereocenters. The van der Waals surface area contributed by atoms with Gasteiger partial charge in [-0.3, -0.25) is 4.68 Å². The van der Waals surface area contributed by atoms with Gasteiger partial charge in [-0.15, -0.1) is 0 Å². The van der Waals surface area contributed by atoms with E-state index < -0.39 is 0 Å². The number of nitrogens with zero attached hydrogens (tertiary/aromatic N) is 2. The first-order valence-corrected chi connectivity index (χ1v) is 7.01. The van der Waals surface area contributed by atoms with Crippen LogP contribution in [0.3, 0.4) is 0 Å². The maximum Gasteiger partial charge on any atom is 0.123 e. The lowest BCUT2D eigenvalue weighted by atomic mass is 10.0. The highest BCUT2D eigenvalue weighted by Crippen LogP contribution is 2.25. The Labute approximate surface area is 120 Å². The number of hydrogen-bond acceptors (Lipinski definition) is 2. The summed E-state index contributed by atoms with van der Waals surface area (Å²) in [7, 11) is 0. The van der Waals surface area contributed by atoms with Crippen molar-refractivity contribution in [1.29, 1.82) is 0 Å². The van der Waals surface area contributed by atoms with E-state index in [1.165, 1.54) is 12.1 Å². The van der Waals surface area contributed by atoms with E-state index in [0.29, 0.717) is 12.5 Å². The molecule has 0 saturated carbocycles. The molecule has 0 aliphatic rings. The number of nitrogens with two attached hydrogens (primary N) is 1. The number of hydrogen-bond donors (Lipinski definition) is 1. The van der Waals surface area contributed by atoms with Crippen LogP contribution in [0.15, 0.2) is 34.9 Å². The predicted octanol–water partition coefficient (Wildman–Crippen LogP) is 3.61. The maximum atomic E-state index is 13.3. The Kier molecular flexibility index (Phi) is 4.37. The van der Waals surface area contributed by atoms with Gasteiger partial charge in [0.25, 0.3) is 0 Å². The van der Waals surface area contributed by atoms with Crippen molar-refractivity contribution in [2.24, 2.45) is 5.73 Å². The molecule has 0 amide bonds. The van der Waals surface area contributed by atoms with E-state index in [2.05, 4.69) is 34.9 Å². The minimum atomic E-state index is -0.277. The van der Waals surface area contributed by atoms with Crippen molar-refractivity contribution in [1.82, 2.24) is 9.78 Å². The van der Waals surface area contributed by atoms with Crippen LogP contribution in [-0.4, -0.2) is 9.78 Å². The molecule has 5 heteroatoms. The lowest BCUT2D eigenvalue weighted by Crippen LogP contribution is -2.15. The summed E-state index contributed by atoms with van der Waals surface area (Å²) >= 11 is 3.40. The van der Waals surface area contributed by atoms with Crippen LogP contribution >= 0.6 is 15.9 Å². The Morgan fingerprint density at radius 3 is 2.74 bits per heavy atom. The number of halogens is 2. The number of benzene rings is 1. The summed E-state index contributed by atoms with van der Waals surface area (Å²) in [5.41, 5.74) is 7.81. The van der Waals surface area contributed by atoms with Gasteiger partial charge in [0.2, 0.25) is 0 Å². The molecule has 1 aromatic heterocycles. The zero-order valence-corrected chi connectivity index (χ0v) is 12.6. The molecule has 0 saturated heterocycles. The molecule has 102 valence electrons. The van der Waals surface area contributed by atoms with Gasteiger partial charge in [0, 0.05) is 29.2 Å². The average Bonchev–Trinajstić information content (AvgIpc) is 2.80. The van der Waals surface area contributed by atoms with Gasteiger partial charge < -0.3 is 5.73 Å². The molecule has 2 aromatic rings. The minimum absolute atomic E-state index is 0.277. The summed E-state index contributed by atoms with van der Waals surface area (Å²) in [4.78, 5) is 0. The zero-order valence-electron chi connectivity index (χ0n) is 11.0. The summed E-state index contributed by atoms with van der Waals surface area (Å²) in [6.45, 7) is 4.14. The lowest BCUT2D eigenvalue weighted by molar-refractivity contribution is 0.522. The van der Waals surface area contributed by atoms with Crippen molar-refractivity contribution < 1.29 is 4.39 Å².